The van der Waals surface area contributed by atoms with E-state index >= 15 is 0 Å². The minimum Gasteiger partial charge on any atom is -0.444 e. The van der Waals surface area contributed by atoms with Crippen molar-refractivity contribution < 1.29 is 30.0 Å². The first-order chi connectivity index (χ1) is 15.4. The summed E-state index contributed by atoms with van der Waals surface area (Å²) in [7, 11) is 1.61. The number of hydrogen-bond acceptors (Lipinski definition) is 6. The number of allylic oxidation sites excluding steroid dienone is 2. The van der Waals surface area contributed by atoms with E-state index in [0.29, 0.717) is 30.2 Å². The van der Waals surface area contributed by atoms with Gasteiger partial charge < -0.3 is 26.4 Å². The van der Waals surface area contributed by atoms with Crippen molar-refractivity contribution in [1.29, 1.82) is 0 Å². The largest absolute Gasteiger partial charge is 0.444 e. The van der Waals surface area contributed by atoms with Crippen molar-refractivity contribution in [2.45, 2.75) is 72.2 Å². The van der Waals surface area contributed by atoms with E-state index in [9.17, 15) is 14.4 Å². The molecule has 1 radical (unpaired) electrons. The topological polar surface area (TPSA) is 103 Å². The number of hydrogen-bond donors (Lipinski definition) is 1. The SMILES string of the molecule is [CH2-]Cn1c(=O)c2c(nc(N3CCC[C@@H](NC(=O)OC(C)(C)C)C3)n2CC=C(C)C)n(C)c1=O.[Re]. The van der Waals surface area contributed by atoms with Crippen molar-refractivity contribution in [2.75, 3.05) is 18.0 Å². The summed E-state index contributed by atoms with van der Waals surface area (Å²) in [4.78, 5) is 44.9. The summed E-state index contributed by atoms with van der Waals surface area (Å²) >= 11 is 0. The summed E-state index contributed by atoms with van der Waals surface area (Å²) in [6, 6.07) is -0.120. The zero-order valence-electron chi connectivity index (χ0n) is 20.9. The fourth-order valence-electron chi connectivity index (χ4n) is 4.00. The van der Waals surface area contributed by atoms with Gasteiger partial charge in [0.1, 0.15) is 5.60 Å². The number of carbonyl (C=O) groups is 1. The van der Waals surface area contributed by atoms with E-state index in [0.717, 1.165) is 29.5 Å². The maximum absolute atomic E-state index is 13.2. The van der Waals surface area contributed by atoms with E-state index < -0.39 is 22.9 Å². The van der Waals surface area contributed by atoms with Crippen LogP contribution in [0.25, 0.3) is 11.2 Å². The summed E-state index contributed by atoms with van der Waals surface area (Å²) in [5.74, 6) is 0.604. The van der Waals surface area contributed by atoms with Crippen molar-refractivity contribution in [3.63, 3.8) is 0 Å². The van der Waals surface area contributed by atoms with E-state index in [-0.39, 0.29) is 33.0 Å². The molecule has 3 rings (SSSR count). The van der Waals surface area contributed by atoms with Gasteiger partial charge in [0.05, 0.1) is 0 Å². The number of nitrogens with one attached hydrogen (secondary N) is 1. The van der Waals surface area contributed by atoms with Gasteiger partial charge in [-0.05, 0) is 47.5 Å². The smallest absolute Gasteiger partial charge is 0.407 e. The molecule has 1 fully saturated rings. The number of fused-ring (bicyclic) bond motifs is 1. The molecule has 0 aromatic carbocycles. The quantitative estimate of drug-likeness (QED) is 0.395. The molecule has 2 aromatic rings. The van der Waals surface area contributed by atoms with Crippen molar-refractivity contribution >= 4 is 23.2 Å². The second kappa shape index (κ2) is 10.9. The van der Waals surface area contributed by atoms with Gasteiger partial charge in [-0.3, -0.25) is 13.9 Å². The van der Waals surface area contributed by atoms with Gasteiger partial charge in [-0.15, -0.1) is 0 Å². The van der Waals surface area contributed by atoms with Crippen LogP contribution in [0.1, 0.15) is 47.5 Å². The van der Waals surface area contributed by atoms with Crippen LogP contribution in [0.2, 0.25) is 0 Å². The van der Waals surface area contributed by atoms with Crippen LogP contribution in [0.4, 0.5) is 10.7 Å². The van der Waals surface area contributed by atoms with E-state index in [4.69, 9.17) is 9.72 Å². The van der Waals surface area contributed by atoms with Crippen LogP contribution in [0.15, 0.2) is 21.2 Å². The molecular formula is C23H35N6O4Re-. The van der Waals surface area contributed by atoms with Crippen LogP contribution in [0.3, 0.4) is 0 Å². The molecule has 10 nitrogen and oxygen atoms in total. The van der Waals surface area contributed by atoms with Crippen LogP contribution in [-0.2, 0) is 45.3 Å². The number of nitrogens with zero attached hydrogens (tertiary/aromatic N) is 5. The minimum absolute atomic E-state index is 0. The Bertz CT molecular complexity index is 1180. The zero-order chi connectivity index (χ0) is 24.5. The summed E-state index contributed by atoms with van der Waals surface area (Å²) in [5.41, 5.74) is 0.404. The van der Waals surface area contributed by atoms with Gasteiger partial charge >= 0.3 is 11.8 Å². The van der Waals surface area contributed by atoms with Crippen LogP contribution in [-0.4, -0.2) is 49.5 Å². The molecule has 1 atom stereocenters. The number of carbonyl (C=O) groups excluding carboxylic acids is 1. The Kier molecular flexibility index (Phi) is 8.94. The average molecular weight is 646 g/mol. The first-order valence-corrected chi connectivity index (χ1v) is 11.3. The molecule has 1 aliphatic heterocycles. The van der Waals surface area contributed by atoms with Crippen molar-refractivity contribution in [2.24, 2.45) is 7.05 Å². The molecular weight excluding hydrogens is 610 g/mol. The molecule has 1 amide bonds. The van der Waals surface area contributed by atoms with Gasteiger partial charge in [0.25, 0.3) is 5.56 Å². The number of aromatic nitrogens is 4. The monoisotopic (exact) mass is 646 g/mol. The molecule has 0 unspecified atom stereocenters. The second-order valence-corrected chi connectivity index (χ2v) is 9.71. The second-order valence-electron chi connectivity index (χ2n) is 9.71. The molecule has 0 bridgehead atoms. The van der Waals surface area contributed by atoms with E-state index in [2.05, 4.69) is 17.1 Å². The van der Waals surface area contributed by atoms with Gasteiger partial charge in [-0.25, -0.2) is 9.59 Å². The third-order valence-corrected chi connectivity index (χ3v) is 5.54. The number of rotatable bonds is 5. The molecule has 1 saturated heterocycles. The molecule has 1 N–H and O–H groups in total. The third kappa shape index (κ3) is 6.00. The van der Waals surface area contributed by atoms with Crippen molar-refractivity contribution in [3.8, 4) is 0 Å². The Morgan fingerprint density at radius 2 is 1.94 bits per heavy atom. The number of piperidine rings is 1. The van der Waals surface area contributed by atoms with Crippen LogP contribution in [0.5, 0.6) is 0 Å². The number of imidazole rings is 1. The molecule has 189 valence electrons. The number of alkyl carbamates (subject to hydrolysis) is 1. The fourth-order valence-corrected chi connectivity index (χ4v) is 4.00. The molecule has 1 aliphatic rings. The normalized spacial score (nSPS) is 16.2. The summed E-state index contributed by atoms with van der Waals surface area (Å²) in [6.45, 7) is 14.9. The Morgan fingerprint density at radius 1 is 1.26 bits per heavy atom. The van der Waals surface area contributed by atoms with Crippen LogP contribution in [0, 0.1) is 6.92 Å². The molecule has 34 heavy (non-hydrogen) atoms. The molecule has 11 heteroatoms. The van der Waals surface area contributed by atoms with E-state index in [1.54, 1.807) is 7.05 Å². The molecule has 2 aromatic heterocycles. The Morgan fingerprint density at radius 3 is 2.53 bits per heavy atom. The Hall–Kier alpha value is -2.38. The van der Waals surface area contributed by atoms with Crippen LogP contribution >= 0.6 is 0 Å². The van der Waals surface area contributed by atoms with E-state index in [1.165, 1.54) is 4.57 Å². The standard InChI is InChI=1S/C23H35N6O4.Re/c1-8-28-19(30)17-18(26(7)22(28)32)25-20(29(17)13-11-15(2)3)27-12-9-10-16(14-27)24-21(31)33-23(4,5)6;/h11,16H,1,8-10,12-14H2,2-7H3,(H,24,31);/q-1;/t16-;/m1./s1. The van der Waals surface area contributed by atoms with Gasteiger partial charge in [0.2, 0.25) is 5.95 Å². The Balaban J connectivity index is 0.00000408. The van der Waals surface area contributed by atoms with E-state index in [1.807, 2.05) is 45.3 Å². The number of amides is 1. The molecule has 0 spiro atoms. The first-order valence-electron chi connectivity index (χ1n) is 11.3. The summed E-state index contributed by atoms with van der Waals surface area (Å²) < 4.78 is 9.77. The first kappa shape index (κ1) is 27.9. The maximum atomic E-state index is 13.2. The van der Waals surface area contributed by atoms with Gasteiger partial charge in [0, 0.05) is 53.1 Å². The van der Waals surface area contributed by atoms with Crippen molar-refractivity contribution in [3.05, 3.63) is 39.4 Å². The zero-order valence-corrected chi connectivity index (χ0v) is 23.6. The summed E-state index contributed by atoms with van der Waals surface area (Å²) in [6.07, 6.45) is 3.22. The van der Waals surface area contributed by atoms with Crippen LogP contribution < -0.4 is 21.5 Å². The van der Waals surface area contributed by atoms with Gasteiger partial charge in [-0.2, -0.15) is 4.98 Å². The summed E-state index contributed by atoms with van der Waals surface area (Å²) in [5, 5.41) is 2.95. The van der Waals surface area contributed by atoms with Crippen molar-refractivity contribution in [1.82, 2.24) is 24.0 Å². The van der Waals surface area contributed by atoms with Gasteiger partial charge in [-0.1, -0.05) is 18.2 Å². The molecule has 0 aliphatic carbocycles. The average Bonchev–Trinajstić information content (AvgIpc) is 3.09. The third-order valence-electron chi connectivity index (χ3n) is 5.54. The number of anilines is 1. The maximum Gasteiger partial charge on any atom is 0.407 e. The number of ether oxygens (including phenoxy) is 1. The predicted octanol–water partition coefficient (Wildman–Crippen LogP) is 2.19. The molecule has 3 heterocycles. The fraction of sp³-hybridized carbons (Fsp3) is 0.609. The molecule has 0 saturated carbocycles. The number of aryl methyl sites for hydroxylation is 1. The minimum atomic E-state index is -0.574. The Labute approximate surface area is 213 Å². The predicted molar refractivity (Wildman–Crippen MR) is 129 cm³/mol. The van der Waals surface area contributed by atoms with Gasteiger partial charge in [0.15, 0.2) is 11.2 Å².